The number of halogens is 1. The summed E-state index contributed by atoms with van der Waals surface area (Å²) in [6, 6.07) is 0. The lowest BCUT2D eigenvalue weighted by Gasteiger charge is -2.24. The summed E-state index contributed by atoms with van der Waals surface area (Å²) in [5.74, 6) is 0. The topological polar surface area (TPSA) is 6.48 Å². The van der Waals surface area contributed by atoms with E-state index in [1.165, 1.54) is 65.0 Å². The van der Waals surface area contributed by atoms with Crippen LogP contribution in [0.2, 0.25) is 0 Å². The average molecular weight is 277 g/mol. The van der Waals surface area contributed by atoms with Crippen molar-refractivity contribution in [3.8, 4) is 0 Å². The van der Waals surface area contributed by atoms with Gasteiger partial charge in [0, 0.05) is 25.0 Å². The monoisotopic (exact) mass is 276 g/mol. The average Bonchev–Trinajstić information content (AvgIpc) is 2.75. The van der Waals surface area contributed by atoms with Crippen LogP contribution >= 0.6 is 15.9 Å². The zero-order valence-electron chi connectivity index (χ0n) is 10.1. The highest BCUT2D eigenvalue weighted by Gasteiger charge is 2.12. The third-order valence-electron chi connectivity index (χ3n) is 3.16. The van der Waals surface area contributed by atoms with E-state index in [0.717, 1.165) is 5.33 Å². The summed E-state index contributed by atoms with van der Waals surface area (Å²) in [7, 11) is 0. The third kappa shape index (κ3) is 5.88. The molecule has 15 heavy (non-hydrogen) atoms. The van der Waals surface area contributed by atoms with Crippen LogP contribution in [0, 0.1) is 0 Å². The molecule has 0 amide bonds. The highest BCUT2D eigenvalue weighted by molar-refractivity contribution is 9.09. The molecule has 1 rings (SSSR count). The molecule has 90 valence electrons. The Bertz CT molecular complexity index is 147. The molecule has 0 N–H and O–H groups in total. The summed E-state index contributed by atoms with van der Waals surface area (Å²) in [6.45, 7) is 9.94. The lowest BCUT2D eigenvalue weighted by atomic mass is 10.3. The molecule has 0 aromatic heterocycles. The van der Waals surface area contributed by atoms with Crippen LogP contribution < -0.4 is 0 Å². The van der Waals surface area contributed by atoms with Crippen molar-refractivity contribution >= 4 is 15.9 Å². The van der Waals surface area contributed by atoms with Gasteiger partial charge >= 0.3 is 0 Å². The van der Waals surface area contributed by atoms with Crippen LogP contribution in [0.5, 0.6) is 0 Å². The highest BCUT2D eigenvalue weighted by Crippen LogP contribution is 2.07. The Morgan fingerprint density at radius 2 is 1.87 bits per heavy atom. The Morgan fingerprint density at radius 1 is 1.13 bits per heavy atom. The molecule has 0 saturated carbocycles. The number of unbranched alkanes of at least 4 members (excludes halogenated alkanes) is 1. The largest absolute Gasteiger partial charge is 0.302 e. The second-order valence-electron chi connectivity index (χ2n) is 4.43. The van der Waals surface area contributed by atoms with E-state index in [9.17, 15) is 0 Å². The number of hydrogen-bond acceptors (Lipinski definition) is 2. The Balaban J connectivity index is 2.11. The summed E-state index contributed by atoms with van der Waals surface area (Å²) in [5.41, 5.74) is 0. The van der Waals surface area contributed by atoms with Gasteiger partial charge in [0.2, 0.25) is 0 Å². The second kappa shape index (κ2) is 8.54. The van der Waals surface area contributed by atoms with Crippen molar-refractivity contribution in [2.24, 2.45) is 0 Å². The predicted molar refractivity (Wildman–Crippen MR) is 70.8 cm³/mol. The number of nitrogens with zero attached hydrogens (tertiary/aromatic N) is 2. The first-order chi connectivity index (χ1) is 7.36. The number of hydrogen-bond donors (Lipinski definition) is 0. The lowest BCUT2D eigenvalue weighted by Crippen LogP contribution is -2.35. The molecule has 0 radical (unpaired) electrons. The molecular formula is C12H25BrN2. The van der Waals surface area contributed by atoms with Gasteiger partial charge < -0.3 is 9.80 Å². The van der Waals surface area contributed by atoms with Crippen LogP contribution in [0.25, 0.3) is 0 Å². The fourth-order valence-electron chi connectivity index (χ4n) is 2.13. The first-order valence-corrected chi connectivity index (χ1v) is 7.49. The molecule has 0 unspecified atom stereocenters. The fraction of sp³-hybridized carbons (Fsp3) is 1.00. The van der Waals surface area contributed by atoms with Crippen LogP contribution in [-0.4, -0.2) is 54.4 Å². The number of alkyl halides is 1. The van der Waals surface area contributed by atoms with Gasteiger partial charge in [-0.25, -0.2) is 0 Å². The van der Waals surface area contributed by atoms with Gasteiger partial charge in [0.25, 0.3) is 0 Å². The van der Waals surface area contributed by atoms with E-state index in [1.807, 2.05) is 0 Å². The second-order valence-corrected chi connectivity index (χ2v) is 5.23. The minimum Gasteiger partial charge on any atom is -0.302 e. The van der Waals surface area contributed by atoms with Crippen molar-refractivity contribution in [3.05, 3.63) is 0 Å². The minimum atomic E-state index is 1.11. The molecule has 1 fully saturated rings. The number of rotatable bonds is 8. The van der Waals surface area contributed by atoms with Crippen LogP contribution in [-0.2, 0) is 0 Å². The van der Waals surface area contributed by atoms with Gasteiger partial charge in [-0.05, 0) is 38.9 Å². The first-order valence-electron chi connectivity index (χ1n) is 6.37. The molecular weight excluding hydrogens is 252 g/mol. The number of likely N-dealkylation sites (tertiary alicyclic amines) is 1. The van der Waals surface area contributed by atoms with Crippen molar-refractivity contribution in [2.45, 2.75) is 32.6 Å². The molecule has 0 aromatic carbocycles. The Morgan fingerprint density at radius 3 is 2.47 bits per heavy atom. The van der Waals surface area contributed by atoms with Crippen molar-refractivity contribution in [2.75, 3.05) is 44.6 Å². The standard InChI is InChI=1S/C12H25BrN2/c1-2-3-7-15(10-6-13)12-11-14-8-4-5-9-14/h2-12H2,1H3. The molecule has 1 aliphatic heterocycles. The van der Waals surface area contributed by atoms with Crippen molar-refractivity contribution in [3.63, 3.8) is 0 Å². The van der Waals surface area contributed by atoms with E-state index in [0.29, 0.717) is 0 Å². The van der Waals surface area contributed by atoms with Gasteiger partial charge in [-0.2, -0.15) is 0 Å². The van der Waals surface area contributed by atoms with Crippen LogP contribution in [0.3, 0.4) is 0 Å². The predicted octanol–water partition coefficient (Wildman–Crippen LogP) is 2.58. The quantitative estimate of drug-likeness (QED) is 0.629. The molecule has 3 heteroatoms. The maximum absolute atomic E-state index is 3.54. The van der Waals surface area contributed by atoms with E-state index in [-0.39, 0.29) is 0 Å². The van der Waals surface area contributed by atoms with Gasteiger partial charge in [0.15, 0.2) is 0 Å². The Hall–Kier alpha value is 0.400. The Kier molecular flexibility index (Phi) is 7.67. The van der Waals surface area contributed by atoms with E-state index >= 15 is 0 Å². The molecule has 1 aliphatic rings. The lowest BCUT2D eigenvalue weighted by molar-refractivity contribution is 0.232. The SMILES string of the molecule is CCCCN(CCBr)CCN1CCCC1. The molecule has 0 atom stereocenters. The van der Waals surface area contributed by atoms with Gasteiger partial charge in [-0.1, -0.05) is 29.3 Å². The van der Waals surface area contributed by atoms with Crippen molar-refractivity contribution < 1.29 is 0 Å². The van der Waals surface area contributed by atoms with Crippen molar-refractivity contribution in [1.82, 2.24) is 9.80 Å². The maximum atomic E-state index is 3.54. The molecule has 1 heterocycles. The van der Waals surface area contributed by atoms with E-state index < -0.39 is 0 Å². The van der Waals surface area contributed by atoms with Crippen molar-refractivity contribution in [1.29, 1.82) is 0 Å². The van der Waals surface area contributed by atoms with Gasteiger partial charge in [0.1, 0.15) is 0 Å². The van der Waals surface area contributed by atoms with Crippen LogP contribution in [0.15, 0.2) is 0 Å². The summed E-state index contributed by atoms with van der Waals surface area (Å²) in [6.07, 6.45) is 5.47. The molecule has 1 saturated heterocycles. The highest BCUT2D eigenvalue weighted by atomic mass is 79.9. The van der Waals surface area contributed by atoms with E-state index in [4.69, 9.17) is 0 Å². The molecule has 0 bridgehead atoms. The van der Waals surface area contributed by atoms with Crippen LogP contribution in [0.1, 0.15) is 32.6 Å². The third-order valence-corrected chi connectivity index (χ3v) is 3.51. The van der Waals surface area contributed by atoms with E-state index in [2.05, 4.69) is 32.7 Å². The fourth-order valence-corrected chi connectivity index (χ4v) is 2.63. The van der Waals surface area contributed by atoms with Gasteiger partial charge in [-0.3, -0.25) is 0 Å². The summed E-state index contributed by atoms with van der Waals surface area (Å²) in [5, 5.41) is 1.11. The Labute approximate surface area is 103 Å². The summed E-state index contributed by atoms with van der Waals surface area (Å²) in [4.78, 5) is 5.20. The normalized spacial score (nSPS) is 17.8. The molecule has 2 nitrogen and oxygen atoms in total. The minimum absolute atomic E-state index is 1.11. The molecule has 0 aliphatic carbocycles. The van der Waals surface area contributed by atoms with E-state index in [1.54, 1.807) is 0 Å². The zero-order chi connectivity index (χ0) is 10.9. The summed E-state index contributed by atoms with van der Waals surface area (Å²) >= 11 is 3.54. The van der Waals surface area contributed by atoms with Gasteiger partial charge in [0.05, 0.1) is 0 Å². The molecule has 0 spiro atoms. The maximum Gasteiger partial charge on any atom is 0.0159 e. The first kappa shape index (κ1) is 13.5. The molecule has 0 aromatic rings. The summed E-state index contributed by atoms with van der Waals surface area (Å²) < 4.78 is 0. The van der Waals surface area contributed by atoms with Gasteiger partial charge in [-0.15, -0.1) is 0 Å². The van der Waals surface area contributed by atoms with Crippen LogP contribution in [0.4, 0.5) is 0 Å². The smallest absolute Gasteiger partial charge is 0.0159 e. The zero-order valence-corrected chi connectivity index (χ0v) is 11.6.